The number of carbonyl (C=O) groups excluding carboxylic acids is 2. The number of nitro benzene ring substituents is 1. The van der Waals surface area contributed by atoms with Crippen molar-refractivity contribution in [3.63, 3.8) is 0 Å². The van der Waals surface area contributed by atoms with Crippen molar-refractivity contribution < 1.29 is 23.6 Å². The predicted molar refractivity (Wildman–Crippen MR) is 123 cm³/mol. The Balaban J connectivity index is 1.22. The first-order valence-electron chi connectivity index (χ1n) is 11.4. The second-order valence-corrected chi connectivity index (χ2v) is 8.69. The van der Waals surface area contributed by atoms with Crippen LogP contribution in [0.25, 0.3) is 0 Å². The molecule has 0 unspecified atom stereocenters. The summed E-state index contributed by atoms with van der Waals surface area (Å²) in [7, 11) is 1.72. The third kappa shape index (κ3) is 4.08. The van der Waals surface area contributed by atoms with Crippen molar-refractivity contribution in [3.8, 4) is 0 Å². The van der Waals surface area contributed by atoms with Crippen LogP contribution in [0, 0.1) is 15.9 Å². The molecule has 5 rings (SSSR count). The van der Waals surface area contributed by atoms with Gasteiger partial charge in [0.25, 0.3) is 11.4 Å². The number of rotatable bonds is 6. The van der Waals surface area contributed by atoms with E-state index >= 15 is 0 Å². The van der Waals surface area contributed by atoms with Crippen LogP contribution in [-0.2, 0) is 13.6 Å². The van der Waals surface area contributed by atoms with E-state index in [9.17, 15) is 24.1 Å². The van der Waals surface area contributed by atoms with Gasteiger partial charge in [0.2, 0.25) is 11.6 Å². The van der Waals surface area contributed by atoms with E-state index in [1.807, 2.05) is 4.90 Å². The Morgan fingerprint density at radius 2 is 1.74 bits per heavy atom. The maximum absolute atomic E-state index is 13.5. The van der Waals surface area contributed by atoms with E-state index in [1.54, 1.807) is 40.8 Å². The van der Waals surface area contributed by atoms with Gasteiger partial charge in [0, 0.05) is 43.9 Å². The summed E-state index contributed by atoms with van der Waals surface area (Å²) in [5.74, 6) is -1.06. The summed E-state index contributed by atoms with van der Waals surface area (Å²) in [5, 5.41) is 15.6. The molecule has 1 fully saturated rings. The number of halogens is 1. The molecular formula is C24H24FN6O4+. The number of piperazine rings is 1. The summed E-state index contributed by atoms with van der Waals surface area (Å²) in [4.78, 5) is 42.4. The van der Waals surface area contributed by atoms with Gasteiger partial charge in [-0.3, -0.25) is 24.6 Å². The van der Waals surface area contributed by atoms with Crippen molar-refractivity contribution in [1.82, 2.24) is 14.8 Å². The van der Waals surface area contributed by atoms with E-state index in [0.717, 1.165) is 19.0 Å². The van der Waals surface area contributed by atoms with Gasteiger partial charge in [0.05, 0.1) is 23.1 Å². The highest BCUT2D eigenvalue weighted by Gasteiger charge is 2.42. The molecule has 11 heteroatoms. The van der Waals surface area contributed by atoms with Crippen LogP contribution < -0.4 is 9.58 Å². The highest BCUT2D eigenvalue weighted by Crippen LogP contribution is 2.29. The number of hydrogen-bond acceptors (Lipinski definition) is 7. The van der Waals surface area contributed by atoms with Gasteiger partial charge in [-0.1, -0.05) is 24.3 Å². The van der Waals surface area contributed by atoms with E-state index in [2.05, 4.69) is 10.00 Å². The van der Waals surface area contributed by atoms with Gasteiger partial charge < -0.3 is 4.90 Å². The van der Waals surface area contributed by atoms with Gasteiger partial charge in [-0.25, -0.2) is 4.39 Å². The number of fused-ring (bicyclic) bond motifs is 2. The minimum atomic E-state index is -0.627. The molecule has 1 saturated heterocycles. The zero-order valence-corrected chi connectivity index (χ0v) is 19.2. The summed E-state index contributed by atoms with van der Waals surface area (Å²) < 4.78 is 15.2. The predicted octanol–water partition coefficient (Wildman–Crippen LogP) is 1.74. The third-order valence-electron chi connectivity index (χ3n) is 6.61. The molecule has 0 radical (unpaired) electrons. The van der Waals surface area contributed by atoms with Gasteiger partial charge in [-0.2, -0.15) is 0 Å². The molecule has 0 amide bonds. The van der Waals surface area contributed by atoms with Crippen LogP contribution in [0.2, 0.25) is 0 Å². The molecular weight excluding hydrogens is 455 g/mol. The quantitative estimate of drug-likeness (QED) is 0.236. The molecule has 0 atom stereocenters. The fourth-order valence-electron chi connectivity index (χ4n) is 4.85. The first-order chi connectivity index (χ1) is 16.8. The molecule has 0 saturated carbocycles. The number of nitrogens with zero attached hydrogens (tertiary/aromatic N) is 6. The van der Waals surface area contributed by atoms with Crippen LogP contribution in [-0.4, -0.2) is 64.0 Å². The van der Waals surface area contributed by atoms with Gasteiger partial charge in [-0.15, -0.1) is 4.68 Å². The number of benzene rings is 2. The Morgan fingerprint density at radius 3 is 2.43 bits per heavy atom. The zero-order chi connectivity index (χ0) is 24.7. The topological polar surface area (TPSA) is 105 Å². The second kappa shape index (κ2) is 8.99. The summed E-state index contributed by atoms with van der Waals surface area (Å²) in [5.41, 5.74) is 1.50. The summed E-state index contributed by atoms with van der Waals surface area (Å²) in [6.07, 6.45) is 0.733. The number of hydrogen-bond donors (Lipinski definition) is 0. The van der Waals surface area contributed by atoms with E-state index in [4.69, 9.17) is 0 Å². The highest BCUT2D eigenvalue weighted by atomic mass is 19.1. The molecule has 1 aliphatic heterocycles. The smallest absolute Gasteiger partial charge is 0.300 e. The van der Waals surface area contributed by atoms with Crippen LogP contribution in [0.15, 0.2) is 42.5 Å². The summed E-state index contributed by atoms with van der Waals surface area (Å²) in [6.45, 7) is 3.85. The maximum Gasteiger partial charge on any atom is 0.300 e. The lowest BCUT2D eigenvalue weighted by Crippen LogP contribution is -2.50. The average molecular weight is 479 g/mol. The Morgan fingerprint density at radius 1 is 1.06 bits per heavy atom. The molecule has 1 aromatic heterocycles. The molecule has 2 aliphatic rings. The number of nitro groups is 1. The third-order valence-corrected chi connectivity index (χ3v) is 6.61. The van der Waals surface area contributed by atoms with Gasteiger partial charge in [0.15, 0.2) is 0 Å². The van der Waals surface area contributed by atoms with Crippen molar-refractivity contribution >= 4 is 22.9 Å². The maximum atomic E-state index is 13.5. The zero-order valence-electron chi connectivity index (χ0n) is 19.2. The first-order valence-corrected chi connectivity index (χ1v) is 11.4. The molecule has 0 spiro atoms. The van der Waals surface area contributed by atoms with Gasteiger partial charge in [0.1, 0.15) is 18.0 Å². The van der Waals surface area contributed by atoms with E-state index in [0.29, 0.717) is 55.2 Å². The Kier molecular flexibility index (Phi) is 5.85. The molecule has 2 aromatic carbocycles. The molecule has 3 aromatic rings. The van der Waals surface area contributed by atoms with Crippen molar-refractivity contribution in [2.24, 2.45) is 7.05 Å². The molecule has 1 aliphatic carbocycles. The molecule has 10 nitrogen and oxygen atoms in total. The van der Waals surface area contributed by atoms with Crippen molar-refractivity contribution in [2.45, 2.75) is 13.0 Å². The summed E-state index contributed by atoms with van der Waals surface area (Å²) >= 11 is 0. The van der Waals surface area contributed by atoms with Crippen LogP contribution in [0.5, 0.6) is 0 Å². The molecule has 180 valence electrons. The SMILES string of the molecule is Cn1nc2c([n+]1CCCN1CCN(c3ccc(F)cc3[N+](=O)[O-])CC1)C(=O)c1ccccc1C2=O. The van der Waals surface area contributed by atoms with E-state index in [1.165, 1.54) is 12.1 Å². The van der Waals surface area contributed by atoms with Gasteiger partial charge >= 0.3 is 5.69 Å². The monoisotopic (exact) mass is 479 g/mol. The number of carbonyl (C=O) groups is 2. The minimum Gasteiger partial charge on any atom is -0.363 e. The number of aryl methyl sites for hydroxylation is 1. The highest BCUT2D eigenvalue weighted by molar-refractivity contribution is 6.26. The van der Waals surface area contributed by atoms with Gasteiger partial charge in [-0.05, 0) is 23.4 Å². The fourth-order valence-corrected chi connectivity index (χ4v) is 4.85. The van der Waals surface area contributed by atoms with Crippen LogP contribution >= 0.6 is 0 Å². The van der Waals surface area contributed by atoms with Crippen LogP contribution in [0.4, 0.5) is 15.8 Å². The molecule has 0 N–H and O–H groups in total. The largest absolute Gasteiger partial charge is 0.363 e. The van der Waals surface area contributed by atoms with E-state index < -0.39 is 10.7 Å². The molecule has 2 heterocycles. The Bertz CT molecular complexity index is 1350. The van der Waals surface area contributed by atoms with Crippen LogP contribution in [0.1, 0.15) is 38.5 Å². The standard InChI is InChI=1S/C24H24FN6O4/c1-27-26-21-22(24(33)18-6-3-2-5-17(18)23(21)32)30(27)10-4-9-28-11-13-29(14-12-28)19-8-7-16(25)15-20(19)31(34)35/h2-3,5-8,15H,4,9-14H2,1H3/q+1. The fraction of sp³-hybridized carbons (Fsp3) is 0.333. The lowest BCUT2D eigenvalue weighted by Gasteiger charge is -2.35. The number of aromatic nitrogens is 3. The number of ketones is 2. The second-order valence-electron chi connectivity index (χ2n) is 8.69. The van der Waals surface area contributed by atoms with E-state index in [-0.39, 0.29) is 22.9 Å². The first kappa shape index (κ1) is 22.8. The number of anilines is 1. The normalized spacial score (nSPS) is 15.8. The molecule has 35 heavy (non-hydrogen) atoms. The lowest BCUT2D eigenvalue weighted by molar-refractivity contribution is -0.779. The Labute approximate surface area is 200 Å². The van der Waals surface area contributed by atoms with Crippen molar-refractivity contribution in [1.29, 1.82) is 0 Å². The molecule has 0 bridgehead atoms. The van der Waals surface area contributed by atoms with Crippen LogP contribution in [0.3, 0.4) is 0 Å². The Hall–Kier alpha value is -3.99. The average Bonchev–Trinajstić information content (AvgIpc) is 3.19. The van der Waals surface area contributed by atoms with Crippen molar-refractivity contribution in [3.05, 3.63) is 80.9 Å². The summed E-state index contributed by atoms with van der Waals surface area (Å²) in [6, 6.07) is 10.5. The lowest BCUT2D eigenvalue weighted by atomic mass is 9.90. The van der Waals surface area contributed by atoms with Crippen molar-refractivity contribution in [2.75, 3.05) is 37.6 Å². The minimum absolute atomic E-state index is 0.186.